The second-order valence-corrected chi connectivity index (χ2v) is 6.35. The van der Waals surface area contributed by atoms with Crippen molar-refractivity contribution in [1.82, 2.24) is 10.6 Å². The molecule has 1 aromatic carbocycles. The van der Waals surface area contributed by atoms with Crippen LogP contribution in [0.4, 0.5) is 14.9 Å². The number of nitrogens with one attached hydrogen (secondary N) is 2. The first-order valence-corrected chi connectivity index (χ1v) is 8.00. The molecule has 1 atom stereocenters. The van der Waals surface area contributed by atoms with Crippen molar-refractivity contribution < 1.29 is 14.0 Å². The summed E-state index contributed by atoms with van der Waals surface area (Å²) < 4.78 is 13.3. The molecule has 0 spiro atoms. The molecule has 1 aromatic rings. The molecular weight excluding hydrogens is 297 g/mol. The van der Waals surface area contributed by atoms with E-state index in [1.165, 1.54) is 6.07 Å². The molecule has 126 valence electrons. The van der Waals surface area contributed by atoms with E-state index < -0.39 is 6.04 Å². The van der Waals surface area contributed by atoms with Gasteiger partial charge in [0.2, 0.25) is 5.91 Å². The van der Waals surface area contributed by atoms with Crippen molar-refractivity contribution in [2.75, 3.05) is 18.0 Å². The van der Waals surface area contributed by atoms with Gasteiger partial charge in [-0.2, -0.15) is 0 Å². The summed E-state index contributed by atoms with van der Waals surface area (Å²) in [5.41, 5.74) is 1.16. The van der Waals surface area contributed by atoms with Crippen molar-refractivity contribution in [3.05, 3.63) is 29.6 Å². The number of rotatable bonds is 5. The summed E-state index contributed by atoms with van der Waals surface area (Å²) in [5, 5.41) is 5.48. The Labute approximate surface area is 136 Å². The third kappa shape index (κ3) is 4.43. The van der Waals surface area contributed by atoms with Gasteiger partial charge in [-0.3, -0.25) is 4.79 Å². The number of nitrogens with zero attached hydrogens (tertiary/aromatic N) is 1. The number of aryl methyl sites for hydroxylation is 1. The van der Waals surface area contributed by atoms with E-state index in [2.05, 4.69) is 24.5 Å². The van der Waals surface area contributed by atoms with Crippen LogP contribution in [0, 0.1) is 18.7 Å². The van der Waals surface area contributed by atoms with Gasteiger partial charge in [-0.15, -0.1) is 0 Å². The number of amides is 3. The summed E-state index contributed by atoms with van der Waals surface area (Å²) in [4.78, 5) is 25.8. The van der Waals surface area contributed by atoms with Gasteiger partial charge in [-0.25, -0.2) is 9.18 Å². The maximum atomic E-state index is 13.3. The maximum absolute atomic E-state index is 13.3. The molecule has 0 aliphatic carbocycles. The van der Waals surface area contributed by atoms with E-state index in [0.29, 0.717) is 36.7 Å². The Morgan fingerprint density at radius 2 is 2.17 bits per heavy atom. The molecule has 1 heterocycles. The number of hydrogen-bond acceptors (Lipinski definition) is 2. The normalized spacial score (nSPS) is 17.7. The lowest BCUT2D eigenvalue weighted by atomic mass is 10.1. The third-order valence-electron chi connectivity index (χ3n) is 3.97. The number of benzene rings is 1. The summed E-state index contributed by atoms with van der Waals surface area (Å²) in [6.07, 6.45) is 1.44. The first-order chi connectivity index (χ1) is 10.9. The van der Waals surface area contributed by atoms with E-state index in [-0.39, 0.29) is 17.8 Å². The van der Waals surface area contributed by atoms with Crippen LogP contribution in [-0.2, 0) is 4.79 Å². The van der Waals surface area contributed by atoms with Crippen molar-refractivity contribution in [3.8, 4) is 0 Å². The highest BCUT2D eigenvalue weighted by Crippen LogP contribution is 2.23. The van der Waals surface area contributed by atoms with Gasteiger partial charge in [0, 0.05) is 18.8 Å². The molecule has 0 radical (unpaired) electrons. The number of anilines is 1. The molecule has 2 rings (SSSR count). The highest BCUT2D eigenvalue weighted by Gasteiger charge is 2.33. The average molecular weight is 321 g/mol. The van der Waals surface area contributed by atoms with Crippen LogP contribution in [0.2, 0.25) is 0 Å². The second-order valence-electron chi connectivity index (χ2n) is 6.35. The number of carbonyl (C=O) groups is 2. The Bertz CT molecular complexity index is 589. The Morgan fingerprint density at radius 1 is 1.43 bits per heavy atom. The fourth-order valence-electron chi connectivity index (χ4n) is 2.55. The van der Waals surface area contributed by atoms with Gasteiger partial charge in [0.15, 0.2) is 0 Å². The lowest BCUT2D eigenvalue weighted by Gasteiger charge is -2.18. The molecule has 0 aromatic heterocycles. The SMILES string of the molecule is Cc1cc(N2CC[C@H](NC(=O)NCCC(C)C)C2=O)ccc1F. The number of halogens is 1. The summed E-state index contributed by atoms with van der Waals surface area (Å²) in [6, 6.07) is 3.75. The fourth-order valence-corrected chi connectivity index (χ4v) is 2.55. The van der Waals surface area contributed by atoms with Crippen LogP contribution in [0.5, 0.6) is 0 Å². The molecule has 1 aliphatic rings. The quantitative estimate of drug-likeness (QED) is 0.875. The maximum Gasteiger partial charge on any atom is 0.315 e. The van der Waals surface area contributed by atoms with Crippen LogP contribution in [0.15, 0.2) is 18.2 Å². The van der Waals surface area contributed by atoms with E-state index in [4.69, 9.17) is 0 Å². The average Bonchev–Trinajstić information content (AvgIpc) is 2.83. The molecule has 6 heteroatoms. The Morgan fingerprint density at radius 3 is 2.83 bits per heavy atom. The summed E-state index contributed by atoms with van der Waals surface area (Å²) >= 11 is 0. The predicted octanol–water partition coefficient (Wildman–Crippen LogP) is 2.58. The van der Waals surface area contributed by atoms with Gasteiger partial charge >= 0.3 is 6.03 Å². The minimum Gasteiger partial charge on any atom is -0.338 e. The monoisotopic (exact) mass is 321 g/mol. The highest BCUT2D eigenvalue weighted by molar-refractivity contribution is 6.01. The van der Waals surface area contributed by atoms with E-state index in [1.54, 1.807) is 24.0 Å². The standard InChI is InChI=1S/C17H24FN3O2/c1-11(2)6-8-19-17(23)20-15-7-9-21(16(15)22)13-4-5-14(18)12(3)10-13/h4-5,10-11,15H,6-9H2,1-3H3,(H2,19,20,23)/t15-/m0/s1. The fraction of sp³-hybridized carbons (Fsp3) is 0.529. The van der Waals surface area contributed by atoms with E-state index in [9.17, 15) is 14.0 Å². The van der Waals surface area contributed by atoms with Crippen LogP contribution < -0.4 is 15.5 Å². The Hall–Kier alpha value is -2.11. The van der Waals surface area contributed by atoms with Crippen molar-refractivity contribution in [1.29, 1.82) is 0 Å². The zero-order chi connectivity index (χ0) is 17.0. The van der Waals surface area contributed by atoms with Gasteiger partial charge in [0.25, 0.3) is 0 Å². The second kappa shape index (κ2) is 7.44. The van der Waals surface area contributed by atoms with Gasteiger partial charge in [0.05, 0.1) is 0 Å². The summed E-state index contributed by atoms with van der Waals surface area (Å²) in [6.45, 7) is 6.94. The topological polar surface area (TPSA) is 61.4 Å². The zero-order valence-corrected chi connectivity index (χ0v) is 13.9. The number of urea groups is 1. The van der Waals surface area contributed by atoms with E-state index in [0.717, 1.165) is 6.42 Å². The van der Waals surface area contributed by atoms with Crippen molar-refractivity contribution in [3.63, 3.8) is 0 Å². The zero-order valence-electron chi connectivity index (χ0n) is 13.9. The lowest BCUT2D eigenvalue weighted by molar-refractivity contribution is -0.118. The molecule has 1 saturated heterocycles. The van der Waals surface area contributed by atoms with Crippen LogP contribution in [0.3, 0.4) is 0 Å². The van der Waals surface area contributed by atoms with Gasteiger partial charge in [-0.1, -0.05) is 13.8 Å². The molecule has 2 N–H and O–H groups in total. The molecule has 0 saturated carbocycles. The smallest absolute Gasteiger partial charge is 0.315 e. The Balaban J connectivity index is 1.91. The minimum atomic E-state index is -0.528. The first kappa shape index (κ1) is 17.2. The predicted molar refractivity (Wildman–Crippen MR) is 87.9 cm³/mol. The molecule has 0 bridgehead atoms. The summed E-state index contributed by atoms with van der Waals surface area (Å²) in [7, 11) is 0. The van der Waals surface area contributed by atoms with Gasteiger partial charge in [0.1, 0.15) is 11.9 Å². The van der Waals surface area contributed by atoms with Crippen molar-refractivity contribution in [2.45, 2.75) is 39.7 Å². The van der Waals surface area contributed by atoms with E-state index in [1.807, 2.05) is 0 Å². The van der Waals surface area contributed by atoms with Crippen molar-refractivity contribution >= 4 is 17.6 Å². The Kier molecular flexibility index (Phi) is 5.58. The van der Waals surface area contributed by atoms with Crippen LogP contribution in [0.1, 0.15) is 32.3 Å². The molecule has 23 heavy (non-hydrogen) atoms. The third-order valence-corrected chi connectivity index (χ3v) is 3.97. The lowest BCUT2D eigenvalue weighted by Crippen LogP contribution is -2.46. The highest BCUT2D eigenvalue weighted by atomic mass is 19.1. The van der Waals surface area contributed by atoms with E-state index >= 15 is 0 Å². The molecular formula is C17H24FN3O2. The van der Waals surface area contributed by atoms with Crippen LogP contribution >= 0.6 is 0 Å². The molecule has 1 fully saturated rings. The molecule has 5 nitrogen and oxygen atoms in total. The molecule has 3 amide bonds. The molecule has 1 aliphatic heterocycles. The van der Waals surface area contributed by atoms with Crippen molar-refractivity contribution in [2.24, 2.45) is 5.92 Å². The van der Waals surface area contributed by atoms with Gasteiger partial charge < -0.3 is 15.5 Å². The van der Waals surface area contributed by atoms with Crippen LogP contribution in [-0.4, -0.2) is 31.1 Å². The molecule has 0 unspecified atom stereocenters. The minimum absolute atomic E-state index is 0.157. The van der Waals surface area contributed by atoms with Gasteiger partial charge in [-0.05, 0) is 49.4 Å². The summed E-state index contributed by atoms with van der Waals surface area (Å²) in [5.74, 6) is 0.0650. The number of hydrogen-bond donors (Lipinski definition) is 2. The van der Waals surface area contributed by atoms with Crippen LogP contribution in [0.25, 0.3) is 0 Å². The first-order valence-electron chi connectivity index (χ1n) is 8.00. The largest absolute Gasteiger partial charge is 0.338 e. The number of carbonyl (C=O) groups excluding carboxylic acids is 2.